The molecule has 1 aromatic carbocycles. The standard InChI is InChI=1S/C20H21Cl2N3O4S/c1-27-19(26)14-6-16(10-23-8-14)29-12-17-11-25(4-5-28-17)20(30)24-9-13-2-3-15(21)7-18(13)22/h2-3,6-8,10,17H,4-5,9,11-12H2,1H3,(H,24,30). The van der Waals surface area contributed by atoms with Crippen molar-refractivity contribution in [2.75, 3.05) is 33.4 Å². The number of carbonyl (C=O) groups is 1. The Balaban J connectivity index is 1.50. The van der Waals surface area contributed by atoms with Crippen LogP contribution in [0.25, 0.3) is 0 Å². The second kappa shape index (κ2) is 10.8. The van der Waals surface area contributed by atoms with E-state index in [0.29, 0.717) is 59.3 Å². The van der Waals surface area contributed by atoms with Crippen molar-refractivity contribution >= 4 is 46.5 Å². The number of esters is 1. The molecule has 10 heteroatoms. The lowest BCUT2D eigenvalue weighted by molar-refractivity contribution is -0.0288. The number of nitrogens with zero attached hydrogens (tertiary/aromatic N) is 2. The Bertz CT molecular complexity index is 915. The minimum absolute atomic E-state index is 0.181. The SMILES string of the molecule is COC(=O)c1cncc(OCC2CN(C(=S)NCc3ccc(Cl)cc3Cl)CCO2)c1. The van der Waals surface area contributed by atoms with E-state index in [1.54, 1.807) is 18.2 Å². The van der Waals surface area contributed by atoms with E-state index in [9.17, 15) is 4.79 Å². The summed E-state index contributed by atoms with van der Waals surface area (Å²) in [5.41, 5.74) is 1.24. The predicted molar refractivity (Wildman–Crippen MR) is 118 cm³/mol. The second-order valence-corrected chi connectivity index (χ2v) is 7.78. The average Bonchev–Trinajstić information content (AvgIpc) is 2.76. The summed E-state index contributed by atoms with van der Waals surface area (Å²) < 4.78 is 16.2. The third-order valence-electron chi connectivity index (χ3n) is 4.44. The van der Waals surface area contributed by atoms with Gasteiger partial charge in [-0.15, -0.1) is 0 Å². The molecule has 0 bridgehead atoms. The Morgan fingerprint density at radius 2 is 2.20 bits per heavy atom. The van der Waals surface area contributed by atoms with Crippen LogP contribution in [-0.4, -0.2) is 60.5 Å². The van der Waals surface area contributed by atoms with E-state index in [-0.39, 0.29) is 6.10 Å². The lowest BCUT2D eigenvalue weighted by atomic mass is 10.2. The molecular weight excluding hydrogens is 449 g/mol. The molecule has 0 radical (unpaired) electrons. The van der Waals surface area contributed by atoms with Gasteiger partial charge in [0.2, 0.25) is 0 Å². The van der Waals surface area contributed by atoms with E-state index in [4.69, 9.17) is 49.6 Å². The van der Waals surface area contributed by atoms with Crippen LogP contribution >= 0.6 is 35.4 Å². The van der Waals surface area contributed by atoms with Crippen LogP contribution in [0.4, 0.5) is 0 Å². The number of hydrogen-bond donors (Lipinski definition) is 1. The molecule has 1 atom stereocenters. The molecular formula is C20H21Cl2N3O4S. The fourth-order valence-electron chi connectivity index (χ4n) is 2.87. The normalized spacial score (nSPS) is 16.1. The third-order valence-corrected chi connectivity index (χ3v) is 5.43. The number of rotatable bonds is 6. The van der Waals surface area contributed by atoms with Gasteiger partial charge in [0.05, 0.1) is 25.5 Å². The highest BCUT2D eigenvalue weighted by molar-refractivity contribution is 7.80. The highest BCUT2D eigenvalue weighted by Gasteiger charge is 2.23. The Morgan fingerprint density at radius 1 is 1.37 bits per heavy atom. The first kappa shape index (κ1) is 22.6. The van der Waals surface area contributed by atoms with Crippen LogP contribution in [0.1, 0.15) is 15.9 Å². The zero-order chi connectivity index (χ0) is 21.5. The summed E-state index contributed by atoms with van der Waals surface area (Å²) in [5, 5.41) is 5.02. The summed E-state index contributed by atoms with van der Waals surface area (Å²) in [4.78, 5) is 17.6. The number of carbonyl (C=O) groups excluding carboxylic acids is 1. The van der Waals surface area contributed by atoms with Crippen molar-refractivity contribution in [2.45, 2.75) is 12.6 Å². The van der Waals surface area contributed by atoms with Crippen LogP contribution < -0.4 is 10.1 Å². The molecule has 1 aliphatic heterocycles. The highest BCUT2D eigenvalue weighted by atomic mass is 35.5. The second-order valence-electron chi connectivity index (χ2n) is 6.55. The number of nitrogens with one attached hydrogen (secondary N) is 1. The van der Waals surface area contributed by atoms with Crippen molar-refractivity contribution in [3.05, 3.63) is 57.8 Å². The minimum Gasteiger partial charge on any atom is -0.489 e. The quantitative estimate of drug-likeness (QED) is 0.509. The van der Waals surface area contributed by atoms with Crippen molar-refractivity contribution < 1.29 is 19.0 Å². The van der Waals surface area contributed by atoms with E-state index >= 15 is 0 Å². The number of morpholine rings is 1. The summed E-state index contributed by atoms with van der Waals surface area (Å²) in [7, 11) is 1.32. The molecule has 0 spiro atoms. The molecule has 0 aliphatic carbocycles. The molecule has 1 aliphatic rings. The Morgan fingerprint density at radius 3 is 2.97 bits per heavy atom. The average molecular weight is 470 g/mol. The Kier molecular flexibility index (Phi) is 8.09. The maximum atomic E-state index is 11.6. The third kappa shape index (κ3) is 6.18. The molecule has 7 nitrogen and oxygen atoms in total. The van der Waals surface area contributed by atoms with Gasteiger partial charge in [0.25, 0.3) is 0 Å². The van der Waals surface area contributed by atoms with Crippen molar-refractivity contribution in [1.29, 1.82) is 0 Å². The number of aromatic nitrogens is 1. The molecule has 0 amide bonds. The van der Waals surface area contributed by atoms with Crippen LogP contribution in [-0.2, 0) is 16.0 Å². The van der Waals surface area contributed by atoms with Crippen molar-refractivity contribution in [2.24, 2.45) is 0 Å². The van der Waals surface area contributed by atoms with Gasteiger partial charge in [0.15, 0.2) is 5.11 Å². The summed E-state index contributed by atoms with van der Waals surface area (Å²) in [6.07, 6.45) is 2.78. The predicted octanol–water partition coefficient (Wildman–Crippen LogP) is 3.33. The number of ether oxygens (including phenoxy) is 3. The van der Waals surface area contributed by atoms with Crippen molar-refractivity contribution in [1.82, 2.24) is 15.2 Å². The molecule has 3 rings (SSSR count). The van der Waals surface area contributed by atoms with E-state index in [0.717, 1.165) is 5.56 Å². The number of pyridine rings is 1. The molecule has 1 unspecified atom stereocenters. The lowest BCUT2D eigenvalue weighted by Gasteiger charge is -2.34. The van der Waals surface area contributed by atoms with E-state index in [1.165, 1.54) is 19.5 Å². The number of benzene rings is 1. The van der Waals surface area contributed by atoms with Crippen LogP contribution in [0.2, 0.25) is 10.0 Å². The van der Waals surface area contributed by atoms with Gasteiger partial charge in [0, 0.05) is 35.9 Å². The van der Waals surface area contributed by atoms with Crippen LogP contribution in [0.3, 0.4) is 0 Å². The van der Waals surface area contributed by atoms with E-state index in [2.05, 4.69) is 10.3 Å². The highest BCUT2D eigenvalue weighted by Crippen LogP contribution is 2.21. The number of halogens is 2. The molecule has 2 aromatic rings. The van der Waals surface area contributed by atoms with Gasteiger partial charge < -0.3 is 24.4 Å². The van der Waals surface area contributed by atoms with Crippen LogP contribution in [0.5, 0.6) is 5.75 Å². The molecule has 30 heavy (non-hydrogen) atoms. The topological polar surface area (TPSA) is 72.9 Å². The number of hydrogen-bond acceptors (Lipinski definition) is 6. The van der Waals surface area contributed by atoms with Gasteiger partial charge in [-0.25, -0.2) is 4.79 Å². The van der Waals surface area contributed by atoms with Gasteiger partial charge in [0.1, 0.15) is 18.5 Å². The Labute approximate surface area is 190 Å². The maximum Gasteiger partial charge on any atom is 0.339 e. The molecule has 2 heterocycles. The zero-order valence-electron chi connectivity index (χ0n) is 16.3. The maximum absolute atomic E-state index is 11.6. The fraction of sp³-hybridized carbons (Fsp3) is 0.350. The Hall–Kier alpha value is -2.13. The van der Waals surface area contributed by atoms with Crippen LogP contribution in [0, 0.1) is 0 Å². The molecule has 1 saturated heterocycles. The molecule has 1 fully saturated rings. The molecule has 1 N–H and O–H groups in total. The first-order valence-electron chi connectivity index (χ1n) is 9.20. The van der Waals surface area contributed by atoms with Gasteiger partial charge in [-0.2, -0.15) is 0 Å². The van der Waals surface area contributed by atoms with Gasteiger partial charge in [-0.05, 0) is 36.0 Å². The first-order valence-corrected chi connectivity index (χ1v) is 10.4. The largest absolute Gasteiger partial charge is 0.489 e. The summed E-state index contributed by atoms with van der Waals surface area (Å²) >= 11 is 17.7. The van der Waals surface area contributed by atoms with Gasteiger partial charge >= 0.3 is 5.97 Å². The summed E-state index contributed by atoms with van der Waals surface area (Å²) in [5.74, 6) is 0.00182. The van der Waals surface area contributed by atoms with Crippen molar-refractivity contribution in [3.8, 4) is 5.75 Å². The minimum atomic E-state index is -0.467. The number of thiocarbonyl (C=S) groups is 1. The first-order chi connectivity index (χ1) is 14.5. The molecule has 0 saturated carbocycles. The zero-order valence-corrected chi connectivity index (χ0v) is 18.6. The summed E-state index contributed by atoms with van der Waals surface area (Å²) in [6.45, 7) is 2.58. The van der Waals surface area contributed by atoms with E-state index < -0.39 is 5.97 Å². The molecule has 160 valence electrons. The van der Waals surface area contributed by atoms with E-state index in [1.807, 2.05) is 11.0 Å². The van der Waals surface area contributed by atoms with Gasteiger partial charge in [-0.3, -0.25) is 4.98 Å². The molecule has 1 aromatic heterocycles. The smallest absolute Gasteiger partial charge is 0.339 e. The monoisotopic (exact) mass is 469 g/mol. The van der Waals surface area contributed by atoms with Crippen molar-refractivity contribution in [3.63, 3.8) is 0 Å². The van der Waals surface area contributed by atoms with Gasteiger partial charge in [-0.1, -0.05) is 29.3 Å². The summed E-state index contributed by atoms with van der Waals surface area (Å²) in [6, 6.07) is 6.95. The number of methoxy groups -OCH3 is 1. The fourth-order valence-corrected chi connectivity index (χ4v) is 3.58. The lowest BCUT2D eigenvalue weighted by Crippen LogP contribution is -2.50. The van der Waals surface area contributed by atoms with Crippen LogP contribution in [0.15, 0.2) is 36.7 Å².